The van der Waals surface area contributed by atoms with Gasteiger partial charge in [0.15, 0.2) is 0 Å². The third kappa shape index (κ3) is 8.69. The summed E-state index contributed by atoms with van der Waals surface area (Å²) >= 11 is 0. The van der Waals surface area contributed by atoms with Gasteiger partial charge in [-0.3, -0.25) is 9.59 Å². The number of ether oxygens (including phenoxy) is 4. The molecule has 8 rings (SSSR count). The summed E-state index contributed by atoms with van der Waals surface area (Å²) in [6, 6.07) is 52.6. The number of nitrogens with one attached hydrogen (secondary N) is 2. The number of benzene rings is 8. The third-order valence-electron chi connectivity index (χ3n) is 12.2. The maximum Gasteiger partial charge on any atom is 0.230 e. The average Bonchev–Trinajstić information content (AvgIpc) is 3.36. The number of hydrogen-bond donors (Lipinski definition) is 4. The molecule has 2 amide bonds. The van der Waals surface area contributed by atoms with Crippen molar-refractivity contribution >= 4 is 33.4 Å². The van der Waals surface area contributed by atoms with Crippen molar-refractivity contribution in [3.8, 4) is 23.0 Å². The molecule has 2 unspecified atom stereocenters. The second-order valence-electron chi connectivity index (χ2n) is 15.8. The fraction of sp³-hybridized carbons (Fsp3) is 0.164. The maximum atomic E-state index is 14.7. The molecule has 0 saturated carbocycles. The lowest BCUT2D eigenvalue weighted by Crippen LogP contribution is -2.48. The minimum atomic E-state index is -1.90. The zero-order valence-corrected chi connectivity index (χ0v) is 36.5. The predicted octanol–water partition coefficient (Wildman–Crippen LogP) is 9.30. The van der Waals surface area contributed by atoms with Crippen LogP contribution < -0.4 is 29.6 Å². The molecule has 10 heteroatoms. The zero-order valence-electron chi connectivity index (χ0n) is 36.5. The van der Waals surface area contributed by atoms with E-state index in [2.05, 4.69) is 10.6 Å². The summed E-state index contributed by atoms with van der Waals surface area (Å²) < 4.78 is 21.9. The average molecular weight is 867 g/mol. The van der Waals surface area contributed by atoms with Crippen LogP contribution in [0.2, 0.25) is 0 Å². The molecule has 0 spiro atoms. The lowest BCUT2D eigenvalue weighted by Gasteiger charge is -2.39. The Kier molecular flexibility index (Phi) is 12.8. The van der Waals surface area contributed by atoms with Gasteiger partial charge in [-0.1, -0.05) is 133 Å². The molecule has 0 aliphatic rings. The van der Waals surface area contributed by atoms with Gasteiger partial charge in [0.25, 0.3) is 0 Å². The Labute approximate surface area is 378 Å². The van der Waals surface area contributed by atoms with Crippen LogP contribution in [0.4, 0.5) is 0 Å². The number of methoxy groups -OCH3 is 4. The van der Waals surface area contributed by atoms with Gasteiger partial charge >= 0.3 is 0 Å². The largest absolute Gasteiger partial charge is 0.497 e. The van der Waals surface area contributed by atoms with Gasteiger partial charge < -0.3 is 39.8 Å². The van der Waals surface area contributed by atoms with E-state index in [1.165, 1.54) is 0 Å². The molecular weight excluding hydrogens is 817 g/mol. The Morgan fingerprint density at radius 2 is 0.692 bits per heavy atom. The number of fused-ring (bicyclic) bond motifs is 2. The molecule has 2 atom stereocenters. The minimum Gasteiger partial charge on any atom is -0.497 e. The topological polar surface area (TPSA) is 136 Å². The molecule has 0 bridgehead atoms. The van der Waals surface area contributed by atoms with E-state index in [-0.39, 0.29) is 0 Å². The third-order valence-corrected chi connectivity index (χ3v) is 12.2. The van der Waals surface area contributed by atoms with E-state index in [4.69, 9.17) is 18.9 Å². The van der Waals surface area contributed by atoms with Crippen molar-refractivity contribution in [2.24, 2.45) is 0 Å². The van der Waals surface area contributed by atoms with E-state index in [1.807, 2.05) is 84.9 Å². The molecule has 0 fully saturated rings. The highest BCUT2D eigenvalue weighted by atomic mass is 16.5. The summed E-state index contributed by atoms with van der Waals surface area (Å²) in [5.74, 6) is 0.984. The molecule has 10 nitrogen and oxygen atoms in total. The van der Waals surface area contributed by atoms with Crippen LogP contribution in [0.25, 0.3) is 21.5 Å². The summed E-state index contributed by atoms with van der Waals surface area (Å²) in [5.41, 5.74) is -0.706. The lowest BCUT2D eigenvalue weighted by atomic mass is 9.76. The van der Waals surface area contributed by atoms with Crippen molar-refractivity contribution in [3.05, 3.63) is 215 Å². The van der Waals surface area contributed by atoms with Crippen molar-refractivity contribution in [1.82, 2.24) is 10.6 Å². The number of aliphatic hydroxyl groups is 2. The molecule has 0 aliphatic carbocycles. The molecule has 8 aromatic rings. The fourth-order valence-corrected chi connectivity index (χ4v) is 8.77. The van der Waals surface area contributed by atoms with E-state index < -0.39 is 41.5 Å². The SMILES string of the molecule is COc1ccc(C(O)(c2ccc(OC)cc2)C(NC(=O)CC(=O)NC(c2cccc3ccccc23)C(O)(c2ccc(OC)cc2)c2ccc(OC)cc2)c2cccc3ccccc23)cc1. The Bertz CT molecular complexity index is 2610. The highest BCUT2D eigenvalue weighted by Crippen LogP contribution is 2.46. The van der Waals surface area contributed by atoms with Crippen LogP contribution in [0.5, 0.6) is 23.0 Å². The van der Waals surface area contributed by atoms with Gasteiger partial charge in [0.1, 0.15) is 40.6 Å². The van der Waals surface area contributed by atoms with E-state index in [0.717, 1.165) is 21.5 Å². The predicted molar refractivity (Wildman–Crippen MR) is 252 cm³/mol. The quantitative estimate of drug-likeness (QED) is 0.0707. The van der Waals surface area contributed by atoms with Crippen molar-refractivity contribution in [2.75, 3.05) is 28.4 Å². The Morgan fingerprint density at radius 3 is 0.985 bits per heavy atom. The molecule has 4 N–H and O–H groups in total. The van der Waals surface area contributed by atoms with E-state index in [1.54, 1.807) is 126 Å². The number of hydrogen-bond acceptors (Lipinski definition) is 8. The van der Waals surface area contributed by atoms with Gasteiger partial charge in [-0.15, -0.1) is 0 Å². The van der Waals surface area contributed by atoms with Gasteiger partial charge in [-0.25, -0.2) is 0 Å². The Morgan fingerprint density at radius 1 is 0.415 bits per heavy atom. The zero-order chi connectivity index (χ0) is 45.6. The minimum absolute atomic E-state index is 0.464. The molecule has 0 heterocycles. The highest BCUT2D eigenvalue weighted by Gasteiger charge is 2.45. The van der Waals surface area contributed by atoms with E-state index >= 15 is 0 Å². The van der Waals surface area contributed by atoms with Crippen molar-refractivity contribution < 1.29 is 38.7 Å². The molecule has 328 valence electrons. The molecule has 0 radical (unpaired) electrons. The van der Waals surface area contributed by atoms with Crippen LogP contribution in [0, 0.1) is 0 Å². The number of amides is 2. The normalized spacial score (nSPS) is 12.5. The highest BCUT2D eigenvalue weighted by molar-refractivity contribution is 5.98. The Hall–Kier alpha value is -7.66. The second-order valence-corrected chi connectivity index (χ2v) is 15.8. The van der Waals surface area contributed by atoms with Crippen LogP contribution in [0.3, 0.4) is 0 Å². The van der Waals surface area contributed by atoms with Crippen LogP contribution in [-0.4, -0.2) is 50.5 Å². The van der Waals surface area contributed by atoms with Crippen LogP contribution in [-0.2, 0) is 20.8 Å². The molecule has 8 aromatic carbocycles. The first-order valence-corrected chi connectivity index (χ1v) is 21.2. The smallest absolute Gasteiger partial charge is 0.230 e. The summed E-state index contributed by atoms with van der Waals surface area (Å²) in [7, 11) is 6.26. The van der Waals surface area contributed by atoms with Gasteiger partial charge in [-0.05, 0) is 103 Å². The molecular formula is C55H50N2O8. The lowest BCUT2D eigenvalue weighted by molar-refractivity contribution is -0.132. The summed E-state index contributed by atoms with van der Waals surface area (Å²) in [6.07, 6.45) is -0.662. The number of rotatable bonds is 16. The summed E-state index contributed by atoms with van der Waals surface area (Å²) in [6.45, 7) is 0. The first kappa shape index (κ1) is 44.0. The first-order chi connectivity index (χ1) is 31.6. The molecule has 65 heavy (non-hydrogen) atoms. The van der Waals surface area contributed by atoms with E-state index in [9.17, 15) is 19.8 Å². The second kappa shape index (κ2) is 19.0. The molecule has 0 aromatic heterocycles. The number of carbonyl (C=O) groups is 2. The fourth-order valence-electron chi connectivity index (χ4n) is 8.77. The summed E-state index contributed by atoms with van der Waals surface area (Å²) in [4.78, 5) is 29.5. The first-order valence-electron chi connectivity index (χ1n) is 21.2. The van der Waals surface area contributed by atoms with E-state index in [0.29, 0.717) is 56.4 Å². The van der Waals surface area contributed by atoms with Gasteiger partial charge in [0, 0.05) is 0 Å². The summed E-state index contributed by atoms with van der Waals surface area (Å²) in [5, 5.41) is 36.4. The molecule has 0 saturated heterocycles. The van der Waals surface area contributed by atoms with Gasteiger partial charge in [0.2, 0.25) is 11.8 Å². The maximum absolute atomic E-state index is 14.7. The van der Waals surface area contributed by atoms with Crippen molar-refractivity contribution in [3.63, 3.8) is 0 Å². The van der Waals surface area contributed by atoms with Crippen LogP contribution >= 0.6 is 0 Å². The Balaban J connectivity index is 1.23. The van der Waals surface area contributed by atoms with Crippen LogP contribution in [0.15, 0.2) is 182 Å². The van der Waals surface area contributed by atoms with Gasteiger partial charge in [0.05, 0.1) is 40.5 Å². The standard InChI is InChI=1S/C55H50N2O8/c1-62-42-27-19-38(20-28-42)54(60,39-21-29-43(63-2)30-22-39)52(48-17-9-13-36-11-5-7-15-46(36)48)56-50(58)35-51(59)57-53(49-18-10-14-37-12-6-8-16-47(37)49)55(61,40-23-31-44(64-3)32-24-40)41-25-33-45(65-4)34-26-41/h5-34,52-53,60-61H,35H2,1-4H3,(H,56,58)(H,57,59). The van der Waals surface area contributed by atoms with Crippen molar-refractivity contribution in [2.45, 2.75) is 29.7 Å². The monoisotopic (exact) mass is 866 g/mol. The number of carbonyl (C=O) groups excluding carboxylic acids is 2. The molecule has 0 aliphatic heterocycles. The van der Waals surface area contributed by atoms with Crippen LogP contribution in [0.1, 0.15) is 51.9 Å². The van der Waals surface area contributed by atoms with Gasteiger partial charge in [-0.2, -0.15) is 0 Å². The van der Waals surface area contributed by atoms with Crippen molar-refractivity contribution in [1.29, 1.82) is 0 Å².